The molecule has 1 aliphatic carbocycles. The van der Waals surface area contributed by atoms with Crippen LogP contribution in [0.3, 0.4) is 0 Å². The highest BCUT2D eigenvalue weighted by molar-refractivity contribution is 9.10. The van der Waals surface area contributed by atoms with Crippen LogP contribution >= 0.6 is 15.9 Å². The smallest absolute Gasteiger partial charge is 0.124 e. The third-order valence-electron chi connectivity index (χ3n) is 4.78. The largest absolute Gasteiger partial charge is 0.392 e. The van der Waals surface area contributed by atoms with Gasteiger partial charge < -0.3 is 10.8 Å². The van der Waals surface area contributed by atoms with E-state index in [-0.39, 0.29) is 16.6 Å². The minimum absolute atomic E-state index is 0.121. The van der Waals surface area contributed by atoms with Crippen molar-refractivity contribution >= 4 is 15.9 Å². The second-order valence-corrected chi connectivity index (χ2v) is 7.58. The van der Waals surface area contributed by atoms with Crippen LogP contribution in [0, 0.1) is 16.6 Å². The summed E-state index contributed by atoms with van der Waals surface area (Å²) in [6, 6.07) is 4.72. The van der Waals surface area contributed by atoms with Crippen molar-refractivity contribution in [3.63, 3.8) is 0 Å². The molecule has 20 heavy (non-hydrogen) atoms. The molecule has 0 amide bonds. The van der Waals surface area contributed by atoms with Gasteiger partial charge in [-0.05, 0) is 42.4 Å². The lowest BCUT2D eigenvalue weighted by molar-refractivity contribution is -0.0885. The highest BCUT2D eigenvalue weighted by atomic mass is 79.9. The summed E-state index contributed by atoms with van der Waals surface area (Å²) in [6.07, 6.45) is 3.23. The number of halogens is 2. The van der Waals surface area contributed by atoms with Crippen molar-refractivity contribution < 1.29 is 9.50 Å². The molecule has 3 N–H and O–H groups in total. The van der Waals surface area contributed by atoms with Gasteiger partial charge in [0.25, 0.3) is 0 Å². The average Bonchev–Trinajstić information content (AvgIpc) is 2.38. The van der Waals surface area contributed by atoms with E-state index in [9.17, 15) is 9.50 Å². The van der Waals surface area contributed by atoms with Gasteiger partial charge >= 0.3 is 0 Å². The van der Waals surface area contributed by atoms with Gasteiger partial charge in [-0.15, -0.1) is 0 Å². The third kappa shape index (κ3) is 2.92. The Morgan fingerprint density at radius 3 is 2.70 bits per heavy atom. The van der Waals surface area contributed by atoms with Gasteiger partial charge in [0.05, 0.1) is 6.10 Å². The molecule has 1 aliphatic rings. The van der Waals surface area contributed by atoms with E-state index in [2.05, 4.69) is 29.8 Å². The molecule has 0 bridgehead atoms. The number of hydrogen-bond donors (Lipinski definition) is 2. The van der Waals surface area contributed by atoms with Gasteiger partial charge in [0.2, 0.25) is 0 Å². The van der Waals surface area contributed by atoms with Gasteiger partial charge in [0.15, 0.2) is 0 Å². The third-order valence-corrected chi connectivity index (χ3v) is 5.52. The summed E-state index contributed by atoms with van der Waals surface area (Å²) in [5.41, 5.74) is 6.60. The lowest BCUT2D eigenvalue weighted by Gasteiger charge is -2.49. The fraction of sp³-hybridized carbons (Fsp3) is 0.625. The van der Waals surface area contributed by atoms with Gasteiger partial charge in [0.1, 0.15) is 5.82 Å². The van der Waals surface area contributed by atoms with Crippen molar-refractivity contribution in [2.24, 2.45) is 16.6 Å². The normalized spacial score (nSPS) is 29.4. The van der Waals surface area contributed by atoms with Crippen molar-refractivity contribution in [1.82, 2.24) is 0 Å². The summed E-state index contributed by atoms with van der Waals surface area (Å²) in [6.45, 7) is 4.64. The Kier molecular flexibility index (Phi) is 4.57. The first kappa shape index (κ1) is 15.9. The molecule has 2 unspecified atom stereocenters. The van der Waals surface area contributed by atoms with Gasteiger partial charge in [-0.25, -0.2) is 4.39 Å². The Bertz CT molecular complexity index is 491. The Hall–Kier alpha value is -0.450. The van der Waals surface area contributed by atoms with Gasteiger partial charge in [-0.3, -0.25) is 0 Å². The minimum atomic E-state index is -0.439. The SMILES string of the molecule is CC1(C)CCCC(CN)(Cc2ccc(F)cc2Br)C1O. The topological polar surface area (TPSA) is 46.2 Å². The van der Waals surface area contributed by atoms with Crippen molar-refractivity contribution in [3.05, 3.63) is 34.1 Å². The molecule has 112 valence electrons. The predicted molar refractivity (Wildman–Crippen MR) is 82.9 cm³/mol. The molecule has 0 radical (unpaired) electrons. The quantitative estimate of drug-likeness (QED) is 0.879. The number of benzene rings is 1. The summed E-state index contributed by atoms with van der Waals surface area (Å²) in [7, 11) is 0. The van der Waals surface area contributed by atoms with Crippen molar-refractivity contribution in [2.75, 3.05) is 6.54 Å². The van der Waals surface area contributed by atoms with Crippen LogP contribution in [0.2, 0.25) is 0 Å². The molecule has 4 heteroatoms. The van der Waals surface area contributed by atoms with Crippen LogP contribution in [-0.4, -0.2) is 17.8 Å². The molecular weight excluding hydrogens is 321 g/mol. The molecule has 1 aromatic carbocycles. The van der Waals surface area contributed by atoms with E-state index in [4.69, 9.17) is 5.73 Å². The molecule has 2 nitrogen and oxygen atoms in total. The first-order chi connectivity index (χ1) is 9.31. The summed E-state index contributed by atoms with van der Waals surface area (Å²) in [5.74, 6) is -0.257. The molecule has 0 heterocycles. The summed E-state index contributed by atoms with van der Waals surface area (Å²) in [4.78, 5) is 0. The molecule has 0 saturated heterocycles. The molecular formula is C16H23BrFNO. The van der Waals surface area contributed by atoms with Crippen molar-refractivity contribution in [1.29, 1.82) is 0 Å². The van der Waals surface area contributed by atoms with E-state index >= 15 is 0 Å². The Morgan fingerprint density at radius 2 is 2.10 bits per heavy atom. The van der Waals surface area contributed by atoms with Gasteiger partial charge in [0, 0.05) is 16.4 Å². The zero-order valence-corrected chi connectivity index (χ0v) is 13.7. The van der Waals surface area contributed by atoms with Crippen LogP contribution in [0.15, 0.2) is 22.7 Å². The van der Waals surface area contributed by atoms with Crippen LogP contribution in [-0.2, 0) is 6.42 Å². The number of nitrogens with two attached hydrogens (primary N) is 1. The monoisotopic (exact) mass is 343 g/mol. The standard InChI is InChI=1S/C16H23BrFNO/c1-15(2)6-3-7-16(10-19,14(15)20)9-11-4-5-12(18)8-13(11)17/h4-5,8,14,20H,3,6-7,9-10,19H2,1-2H3. The zero-order valence-electron chi connectivity index (χ0n) is 12.1. The molecule has 1 aromatic rings. The second-order valence-electron chi connectivity index (χ2n) is 6.72. The molecule has 0 spiro atoms. The van der Waals surface area contributed by atoms with Crippen molar-refractivity contribution in [3.8, 4) is 0 Å². The van der Waals surface area contributed by atoms with Gasteiger partial charge in [-0.2, -0.15) is 0 Å². The number of aliphatic hydroxyl groups is 1. The van der Waals surface area contributed by atoms with E-state index in [0.29, 0.717) is 13.0 Å². The van der Waals surface area contributed by atoms with Crippen LogP contribution in [0.5, 0.6) is 0 Å². The van der Waals surface area contributed by atoms with Crippen LogP contribution in [0.1, 0.15) is 38.7 Å². The van der Waals surface area contributed by atoms with Crippen LogP contribution in [0.4, 0.5) is 4.39 Å². The zero-order chi connectivity index (χ0) is 15.0. The molecule has 1 saturated carbocycles. The van der Waals surface area contributed by atoms with E-state index < -0.39 is 6.10 Å². The molecule has 0 aromatic heterocycles. The Balaban J connectivity index is 2.32. The maximum Gasteiger partial charge on any atom is 0.124 e. The maximum atomic E-state index is 13.2. The Labute approximate surface area is 128 Å². The highest BCUT2D eigenvalue weighted by Crippen LogP contribution is 2.48. The fourth-order valence-corrected chi connectivity index (χ4v) is 4.00. The van der Waals surface area contributed by atoms with E-state index in [1.165, 1.54) is 12.1 Å². The van der Waals surface area contributed by atoms with Crippen molar-refractivity contribution in [2.45, 2.75) is 45.6 Å². The molecule has 0 aliphatic heterocycles. The molecule has 2 rings (SSSR count). The van der Waals surface area contributed by atoms with E-state index in [1.807, 2.05) is 0 Å². The summed E-state index contributed by atoms with van der Waals surface area (Å²) < 4.78 is 13.9. The number of aliphatic hydroxyl groups excluding tert-OH is 1. The Morgan fingerprint density at radius 1 is 1.40 bits per heavy atom. The number of rotatable bonds is 3. The fourth-order valence-electron chi connectivity index (χ4n) is 3.51. The lowest BCUT2D eigenvalue weighted by atomic mass is 9.59. The summed E-state index contributed by atoms with van der Waals surface area (Å²) in [5, 5.41) is 10.8. The minimum Gasteiger partial charge on any atom is -0.392 e. The highest BCUT2D eigenvalue weighted by Gasteiger charge is 2.47. The number of hydrogen-bond acceptors (Lipinski definition) is 2. The van der Waals surface area contributed by atoms with E-state index in [0.717, 1.165) is 29.3 Å². The molecule has 2 atom stereocenters. The predicted octanol–water partition coefficient (Wildman–Crippen LogP) is 3.65. The lowest BCUT2D eigenvalue weighted by Crippen LogP contribution is -2.53. The first-order valence-electron chi connectivity index (χ1n) is 7.13. The summed E-state index contributed by atoms with van der Waals surface area (Å²) >= 11 is 3.41. The van der Waals surface area contributed by atoms with E-state index in [1.54, 1.807) is 6.07 Å². The second kappa shape index (κ2) is 5.74. The molecule has 1 fully saturated rings. The average molecular weight is 344 g/mol. The maximum absolute atomic E-state index is 13.2. The van der Waals surface area contributed by atoms with Crippen LogP contribution in [0.25, 0.3) is 0 Å². The first-order valence-corrected chi connectivity index (χ1v) is 7.92. The van der Waals surface area contributed by atoms with Gasteiger partial charge in [-0.1, -0.05) is 42.3 Å². The van der Waals surface area contributed by atoms with Crippen LogP contribution < -0.4 is 5.73 Å².